The van der Waals surface area contributed by atoms with Crippen LogP contribution in [-0.4, -0.2) is 27.5 Å². The van der Waals surface area contributed by atoms with E-state index in [4.69, 9.17) is 4.42 Å². The molecule has 1 saturated carbocycles. The number of carbonyl (C=O) groups is 1. The van der Waals surface area contributed by atoms with Crippen molar-refractivity contribution >= 4 is 5.91 Å². The zero-order valence-electron chi connectivity index (χ0n) is 12.2. The lowest BCUT2D eigenvalue weighted by Crippen LogP contribution is -2.45. The van der Waals surface area contributed by atoms with Gasteiger partial charge in [0, 0.05) is 25.5 Å². The Kier molecular flexibility index (Phi) is 3.79. The SMILES string of the molecule is CC(NC(c1ccco1)c1nccn1C)C(=O)NC1CC1. The molecule has 6 heteroatoms. The molecule has 0 radical (unpaired) electrons. The number of aryl methyl sites for hydroxylation is 1. The summed E-state index contributed by atoms with van der Waals surface area (Å²) < 4.78 is 7.42. The van der Waals surface area contributed by atoms with Crippen LogP contribution in [0.15, 0.2) is 35.2 Å². The summed E-state index contributed by atoms with van der Waals surface area (Å²) >= 11 is 0. The van der Waals surface area contributed by atoms with E-state index in [-0.39, 0.29) is 18.0 Å². The van der Waals surface area contributed by atoms with Crippen molar-refractivity contribution in [3.8, 4) is 0 Å². The lowest BCUT2D eigenvalue weighted by atomic mass is 10.1. The van der Waals surface area contributed by atoms with Crippen molar-refractivity contribution in [1.29, 1.82) is 0 Å². The molecule has 1 aliphatic carbocycles. The van der Waals surface area contributed by atoms with Crippen LogP contribution >= 0.6 is 0 Å². The van der Waals surface area contributed by atoms with Crippen LogP contribution in [0.2, 0.25) is 0 Å². The highest BCUT2D eigenvalue weighted by atomic mass is 16.3. The predicted molar refractivity (Wildman–Crippen MR) is 77.5 cm³/mol. The molecule has 2 atom stereocenters. The van der Waals surface area contributed by atoms with Crippen molar-refractivity contribution < 1.29 is 9.21 Å². The van der Waals surface area contributed by atoms with Gasteiger partial charge in [-0.15, -0.1) is 0 Å². The van der Waals surface area contributed by atoms with Gasteiger partial charge in [0.15, 0.2) is 0 Å². The molecule has 0 aromatic carbocycles. The molecule has 2 heterocycles. The summed E-state index contributed by atoms with van der Waals surface area (Å²) in [6.07, 6.45) is 7.41. The predicted octanol–water partition coefficient (Wildman–Crippen LogP) is 1.36. The zero-order chi connectivity index (χ0) is 14.8. The second kappa shape index (κ2) is 5.73. The molecule has 2 aromatic rings. The number of hydrogen-bond acceptors (Lipinski definition) is 4. The van der Waals surface area contributed by atoms with Crippen molar-refractivity contribution in [2.45, 2.75) is 37.9 Å². The number of amides is 1. The molecule has 0 aliphatic heterocycles. The van der Waals surface area contributed by atoms with Crippen LogP contribution in [0.4, 0.5) is 0 Å². The maximum absolute atomic E-state index is 12.1. The summed E-state index contributed by atoms with van der Waals surface area (Å²) in [5.41, 5.74) is 0. The summed E-state index contributed by atoms with van der Waals surface area (Å²) in [6, 6.07) is 3.51. The number of carbonyl (C=O) groups excluding carboxylic acids is 1. The molecule has 6 nitrogen and oxygen atoms in total. The lowest BCUT2D eigenvalue weighted by Gasteiger charge is -2.21. The lowest BCUT2D eigenvalue weighted by molar-refractivity contribution is -0.123. The highest BCUT2D eigenvalue weighted by Crippen LogP contribution is 2.22. The first-order valence-electron chi connectivity index (χ1n) is 7.22. The molecule has 0 saturated heterocycles. The van der Waals surface area contributed by atoms with Gasteiger partial charge in [-0.25, -0.2) is 4.98 Å². The molecule has 2 aromatic heterocycles. The van der Waals surface area contributed by atoms with Gasteiger partial charge in [0.25, 0.3) is 0 Å². The van der Waals surface area contributed by atoms with E-state index in [1.165, 1.54) is 0 Å². The number of imidazole rings is 1. The van der Waals surface area contributed by atoms with E-state index >= 15 is 0 Å². The van der Waals surface area contributed by atoms with Crippen LogP contribution in [0.5, 0.6) is 0 Å². The molecule has 112 valence electrons. The van der Waals surface area contributed by atoms with E-state index < -0.39 is 0 Å². The third-order valence-electron chi connectivity index (χ3n) is 3.68. The van der Waals surface area contributed by atoms with Crippen molar-refractivity contribution in [2.24, 2.45) is 7.05 Å². The van der Waals surface area contributed by atoms with Crippen molar-refractivity contribution in [3.05, 3.63) is 42.4 Å². The normalized spacial score (nSPS) is 17.4. The Morgan fingerprint density at radius 1 is 1.52 bits per heavy atom. The largest absolute Gasteiger partial charge is 0.467 e. The number of furan rings is 1. The molecule has 2 N–H and O–H groups in total. The fraction of sp³-hybridized carbons (Fsp3) is 0.467. The number of rotatable bonds is 6. The minimum absolute atomic E-state index is 0.0169. The van der Waals surface area contributed by atoms with Gasteiger partial charge in [-0.05, 0) is 31.9 Å². The van der Waals surface area contributed by atoms with Crippen LogP contribution in [0.25, 0.3) is 0 Å². The van der Waals surface area contributed by atoms with E-state index in [0.29, 0.717) is 6.04 Å². The number of hydrogen-bond donors (Lipinski definition) is 2. The molecule has 0 bridgehead atoms. The van der Waals surface area contributed by atoms with Gasteiger partial charge in [-0.1, -0.05) is 0 Å². The quantitative estimate of drug-likeness (QED) is 0.842. The Morgan fingerprint density at radius 2 is 2.33 bits per heavy atom. The van der Waals surface area contributed by atoms with E-state index in [1.54, 1.807) is 12.5 Å². The van der Waals surface area contributed by atoms with Crippen LogP contribution in [0, 0.1) is 0 Å². The molecular weight excluding hydrogens is 268 g/mol. The summed E-state index contributed by atoms with van der Waals surface area (Å²) in [6.45, 7) is 1.86. The third kappa shape index (κ3) is 3.16. The van der Waals surface area contributed by atoms with E-state index in [2.05, 4.69) is 15.6 Å². The van der Waals surface area contributed by atoms with Gasteiger partial charge in [0.05, 0.1) is 12.3 Å². The Hall–Kier alpha value is -2.08. The van der Waals surface area contributed by atoms with Crippen molar-refractivity contribution in [1.82, 2.24) is 20.2 Å². The average Bonchev–Trinajstić information content (AvgIpc) is 2.95. The van der Waals surface area contributed by atoms with Crippen molar-refractivity contribution in [2.75, 3.05) is 0 Å². The first-order valence-corrected chi connectivity index (χ1v) is 7.22. The smallest absolute Gasteiger partial charge is 0.237 e. The molecule has 1 aliphatic rings. The van der Waals surface area contributed by atoms with Gasteiger partial charge in [0.2, 0.25) is 5.91 Å². The summed E-state index contributed by atoms with van der Waals surface area (Å²) in [7, 11) is 1.93. The first-order chi connectivity index (χ1) is 10.1. The summed E-state index contributed by atoms with van der Waals surface area (Å²) in [5.74, 6) is 1.58. The van der Waals surface area contributed by atoms with Gasteiger partial charge in [-0.3, -0.25) is 10.1 Å². The monoisotopic (exact) mass is 288 g/mol. The molecule has 21 heavy (non-hydrogen) atoms. The fourth-order valence-electron chi connectivity index (χ4n) is 2.27. The summed E-state index contributed by atoms with van der Waals surface area (Å²) in [4.78, 5) is 16.5. The van der Waals surface area contributed by atoms with Crippen LogP contribution < -0.4 is 10.6 Å². The molecule has 2 unspecified atom stereocenters. The number of nitrogens with zero attached hydrogens (tertiary/aromatic N) is 2. The van der Waals surface area contributed by atoms with Crippen LogP contribution in [-0.2, 0) is 11.8 Å². The molecule has 1 fully saturated rings. The van der Waals surface area contributed by atoms with E-state index in [1.807, 2.05) is 36.9 Å². The number of aromatic nitrogens is 2. The van der Waals surface area contributed by atoms with Gasteiger partial charge in [-0.2, -0.15) is 0 Å². The molecular formula is C15H20N4O2. The standard InChI is InChI=1S/C15H20N4O2/c1-10(15(20)18-11-5-6-11)17-13(12-4-3-9-21-12)14-16-7-8-19(14)2/h3-4,7-11,13,17H,5-6H2,1-2H3,(H,18,20). The molecule has 1 amide bonds. The zero-order valence-corrected chi connectivity index (χ0v) is 12.2. The Labute approximate surface area is 123 Å². The maximum atomic E-state index is 12.1. The van der Waals surface area contributed by atoms with Gasteiger partial charge >= 0.3 is 0 Å². The number of nitrogens with one attached hydrogen (secondary N) is 2. The highest BCUT2D eigenvalue weighted by molar-refractivity contribution is 5.81. The second-order valence-corrected chi connectivity index (χ2v) is 5.52. The van der Waals surface area contributed by atoms with Crippen LogP contribution in [0.1, 0.15) is 37.4 Å². The van der Waals surface area contributed by atoms with Gasteiger partial charge < -0.3 is 14.3 Å². The molecule has 3 rings (SSSR count). The highest BCUT2D eigenvalue weighted by Gasteiger charge is 2.29. The third-order valence-corrected chi connectivity index (χ3v) is 3.68. The summed E-state index contributed by atoms with van der Waals surface area (Å²) in [5, 5.41) is 6.31. The average molecular weight is 288 g/mol. The Bertz CT molecular complexity index is 601. The Morgan fingerprint density at radius 3 is 2.90 bits per heavy atom. The Balaban J connectivity index is 1.76. The second-order valence-electron chi connectivity index (χ2n) is 5.52. The van der Waals surface area contributed by atoms with E-state index in [9.17, 15) is 4.79 Å². The van der Waals surface area contributed by atoms with E-state index in [0.717, 1.165) is 24.4 Å². The topological polar surface area (TPSA) is 72.1 Å². The fourth-order valence-corrected chi connectivity index (χ4v) is 2.27. The minimum atomic E-state index is -0.322. The van der Waals surface area contributed by atoms with Crippen LogP contribution in [0.3, 0.4) is 0 Å². The minimum Gasteiger partial charge on any atom is -0.467 e. The maximum Gasteiger partial charge on any atom is 0.237 e. The first kappa shape index (κ1) is 13.9. The van der Waals surface area contributed by atoms with Crippen molar-refractivity contribution in [3.63, 3.8) is 0 Å². The molecule has 0 spiro atoms. The van der Waals surface area contributed by atoms with Gasteiger partial charge in [0.1, 0.15) is 17.6 Å².